The summed E-state index contributed by atoms with van der Waals surface area (Å²) in [6.45, 7) is 5.81. The average molecular weight is 373 g/mol. The Morgan fingerprint density at radius 3 is 2.91 bits per heavy atom. The van der Waals surface area contributed by atoms with Crippen LogP contribution in [-0.4, -0.2) is 30.6 Å². The molecule has 1 aliphatic heterocycles. The largest absolute Gasteiger partial charge is 0.349 e. The van der Waals surface area contributed by atoms with Gasteiger partial charge in [-0.25, -0.2) is 9.78 Å². The van der Waals surface area contributed by atoms with E-state index in [9.17, 15) is 4.79 Å². The summed E-state index contributed by atoms with van der Waals surface area (Å²) in [5, 5.41) is 2.94. The highest BCUT2D eigenvalue weighted by atomic mass is 79.9. The van der Waals surface area contributed by atoms with Gasteiger partial charge < -0.3 is 10.2 Å². The van der Waals surface area contributed by atoms with E-state index in [1.807, 2.05) is 42.5 Å². The summed E-state index contributed by atoms with van der Waals surface area (Å²) in [4.78, 5) is 20.9. The number of aromatic nitrogens is 1. The number of hydrogen-bond acceptors (Lipinski definition) is 3. The number of para-hydroxylation sites is 1. The molecule has 0 fully saturated rings. The van der Waals surface area contributed by atoms with E-state index in [4.69, 9.17) is 0 Å². The molecule has 2 aromatic rings. The fraction of sp³-hybridized carbons (Fsp3) is 0.176. The number of nitrogens with zero attached hydrogens (tertiary/aromatic N) is 3. The highest BCUT2D eigenvalue weighted by molar-refractivity contribution is 9.10. The number of benzene rings is 1. The number of urea groups is 1. The molecule has 6 heteroatoms. The Bertz CT molecular complexity index is 734. The zero-order valence-electron chi connectivity index (χ0n) is 12.6. The number of rotatable bonds is 3. The smallest absolute Gasteiger partial charge is 0.326 e. The predicted octanol–water partition coefficient (Wildman–Crippen LogP) is 3.89. The van der Waals surface area contributed by atoms with E-state index < -0.39 is 0 Å². The van der Waals surface area contributed by atoms with Crippen molar-refractivity contribution in [3.8, 4) is 0 Å². The van der Waals surface area contributed by atoms with Crippen molar-refractivity contribution in [1.29, 1.82) is 0 Å². The molecule has 1 aliphatic rings. The van der Waals surface area contributed by atoms with Gasteiger partial charge in [-0.15, -0.1) is 6.58 Å². The van der Waals surface area contributed by atoms with Crippen LogP contribution in [0.25, 0.3) is 0 Å². The molecule has 2 amide bonds. The topological polar surface area (TPSA) is 48.5 Å². The normalized spacial score (nSPS) is 13.4. The quantitative estimate of drug-likeness (QED) is 0.831. The minimum absolute atomic E-state index is 0.163. The highest BCUT2D eigenvalue weighted by Crippen LogP contribution is 2.31. The number of carbonyl (C=O) groups is 1. The molecule has 0 bridgehead atoms. The Morgan fingerprint density at radius 2 is 2.13 bits per heavy atom. The van der Waals surface area contributed by atoms with Crippen LogP contribution in [0.5, 0.6) is 0 Å². The Kier molecular flexibility index (Phi) is 4.62. The Morgan fingerprint density at radius 1 is 1.30 bits per heavy atom. The summed E-state index contributed by atoms with van der Waals surface area (Å²) in [5.74, 6) is 0.806. The van der Waals surface area contributed by atoms with Crippen molar-refractivity contribution >= 4 is 39.2 Å². The summed E-state index contributed by atoms with van der Waals surface area (Å²) in [6.07, 6.45) is 3.58. The first-order chi connectivity index (χ1) is 11.2. The molecule has 0 saturated carbocycles. The van der Waals surface area contributed by atoms with Crippen molar-refractivity contribution in [3.05, 3.63) is 59.7 Å². The number of carbonyl (C=O) groups excluding carboxylic acids is 1. The van der Waals surface area contributed by atoms with E-state index in [1.165, 1.54) is 0 Å². The lowest BCUT2D eigenvalue weighted by Crippen LogP contribution is -2.46. The Hall–Kier alpha value is -2.34. The maximum Gasteiger partial charge on any atom is 0.326 e. The van der Waals surface area contributed by atoms with E-state index in [-0.39, 0.29) is 6.03 Å². The molecular weight excluding hydrogens is 356 g/mol. The minimum atomic E-state index is -0.163. The lowest BCUT2D eigenvalue weighted by molar-refractivity contribution is 0.256. The van der Waals surface area contributed by atoms with Gasteiger partial charge in [0.2, 0.25) is 0 Å². The number of nitrogens with one attached hydrogen (secondary N) is 1. The number of halogens is 1. The average Bonchev–Trinajstić information content (AvgIpc) is 2.57. The van der Waals surface area contributed by atoms with Gasteiger partial charge in [0.25, 0.3) is 0 Å². The van der Waals surface area contributed by atoms with Crippen molar-refractivity contribution in [1.82, 2.24) is 4.98 Å². The molecule has 0 radical (unpaired) electrons. The van der Waals surface area contributed by atoms with Gasteiger partial charge in [0.15, 0.2) is 5.82 Å². The fourth-order valence-electron chi connectivity index (χ4n) is 2.58. The second-order valence-corrected chi connectivity index (χ2v) is 6.00. The predicted molar refractivity (Wildman–Crippen MR) is 97.2 cm³/mol. The van der Waals surface area contributed by atoms with E-state index in [0.717, 1.165) is 28.2 Å². The van der Waals surface area contributed by atoms with Crippen LogP contribution in [0.2, 0.25) is 0 Å². The van der Waals surface area contributed by atoms with Crippen LogP contribution >= 0.6 is 15.9 Å². The number of fused-ring (bicyclic) bond motifs is 1. The van der Waals surface area contributed by atoms with Crippen LogP contribution in [0.4, 0.5) is 22.0 Å². The first kappa shape index (κ1) is 15.6. The van der Waals surface area contributed by atoms with Crippen LogP contribution in [-0.2, 0) is 0 Å². The summed E-state index contributed by atoms with van der Waals surface area (Å²) < 4.78 is 0.852. The van der Waals surface area contributed by atoms with E-state index >= 15 is 0 Å². The van der Waals surface area contributed by atoms with Gasteiger partial charge in [0.05, 0.1) is 11.4 Å². The second kappa shape index (κ2) is 6.83. The standard InChI is InChI=1S/C17H17BrN4O/c1-2-10-21-11-12-22(15-8-5-9-19-16(15)21)17(23)20-14-7-4-3-6-13(14)18/h2-9H,1,10-12H2,(H,20,23). The molecule has 118 valence electrons. The first-order valence-electron chi connectivity index (χ1n) is 7.34. The molecule has 0 aliphatic carbocycles. The van der Waals surface area contributed by atoms with Crippen molar-refractivity contribution < 1.29 is 4.79 Å². The van der Waals surface area contributed by atoms with Gasteiger partial charge in [-0.3, -0.25) is 4.90 Å². The summed E-state index contributed by atoms with van der Waals surface area (Å²) in [6, 6.07) is 11.1. The van der Waals surface area contributed by atoms with Crippen LogP contribution in [0.1, 0.15) is 0 Å². The number of amides is 2. The van der Waals surface area contributed by atoms with Gasteiger partial charge in [0, 0.05) is 30.3 Å². The maximum atomic E-state index is 12.7. The Labute approximate surface area is 143 Å². The zero-order chi connectivity index (χ0) is 16.2. The lowest BCUT2D eigenvalue weighted by Gasteiger charge is -2.36. The summed E-state index contributed by atoms with van der Waals surface area (Å²) >= 11 is 3.45. The summed E-state index contributed by atoms with van der Waals surface area (Å²) in [5.41, 5.74) is 1.56. The zero-order valence-corrected chi connectivity index (χ0v) is 14.2. The van der Waals surface area contributed by atoms with E-state index in [0.29, 0.717) is 13.1 Å². The molecule has 1 aromatic carbocycles. The van der Waals surface area contributed by atoms with Crippen molar-refractivity contribution in [2.24, 2.45) is 0 Å². The van der Waals surface area contributed by atoms with Gasteiger partial charge in [-0.1, -0.05) is 18.2 Å². The number of hydrogen-bond donors (Lipinski definition) is 1. The monoisotopic (exact) mass is 372 g/mol. The van der Waals surface area contributed by atoms with Crippen LogP contribution in [0.15, 0.2) is 59.7 Å². The van der Waals surface area contributed by atoms with Gasteiger partial charge in [-0.05, 0) is 40.2 Å². The van der Waals surface area contributed by atoms with E-state index in [1.54, 1.807) is 11.1 Å². The maximum absolute atomic E-state index is 12.7. The molecule has 5 nitrogen and oxygen atoms in total. The molecule has 3 rings (SSSR count). The third-order valence-electron chi connectivity index (χ3n) is 3.66. The highest BCUT2D eigenvalue weighted by Gasteiger charge is 2.27. The Balaban J connectivity index is 1.85. The molecule has 1 N–H and O–H groups in total. The molecule has 0 unspecified atom stereocenters. The van der Waals surface area contributed by atoms with Crippen LogP contribution in [0.3, 0.4) is 0 Å². The van der Waals surface area contributed by atoms with Gasteiger partial charge in [0.1, 0.15) is 0 Å². The van der Waals surface area contributed by atoms with Crippen molar-refractivity contribution in [2.45, 2.75) is 0 Å². The first-order valence-corrected chi connectivity index (χ1v) is 8.14. The van der Waals surface area contributed by atoms with Crippen molar-refractivity contribution in [3.63, 3.8) is 0 Å². The fourth-order valence-corrected chi connectivity index (χ4v) is 2.96. The molecule has 1 aromatic heterocycles. The molecule has 23 heavy (non-hydrogen) atoms. The van der Waals surface area contributed by atoms with Gasteiger partial charge >= 0.3 is 6.03 Å². The number of anilines is 3. The molecule has 2 heterocycles. The van der Waals surface area contributed by atoms with Crippen LogP contribution in [0, 0.1) is 0 Å². The molecule has 0 atom stereocenters. The second-order valence-electron chi connectivity index (χ2n) is 5.14. The van der Waals surface area contributed by atoms with E-state index in [2.05, 4.69) is 37.7 Å². The molecule has 0 spiro atoms. The van der Waals surface area contributed by atoms with Crippen molar-refractivity contribution in [2.75, 3.05) is 34.8 Å². The van der Waals surface area contributed by atoms with Gasteiger partial charge in [-0.2, -0.15) is 0 Å². The van der Waals surface area contributed by atoms with Crippen LogP contribution < -0.4 is 15.1 Å². The lowest BCUT2D eigenvalue weighted by atomic mass is 10.2. The third-order valence-corrected chi connectivity index (χ3v) is 4.35. The number of pyridine rings is 1. The SMILES string of the molecule is C=CCN1CCN(C(=O)Nc2ccccc2Br)c2cccnc21. The molecular formula is C17H17BrN4O. The molecule has 0 saturated heterocycles. The third kappa shape index (κ3) is 3.22. The summed E-state index contributed by atoms with van der Waals surface area (Å²) in [7, 11) is 0. The minimum Gasteiger partial charge on any atom is -0.349 e.